The van der Waals surface area contributed by atoms with Gasteiger partial charge in [-0.2, -0.15) is 16.8 Å². The van der Waals surface area contributed by atoms with E-state index >= 15 is 0 Å². The van der Waals surface area contributed by atoms with Crippen LogP contribution in [0.4, 0.5) is 7.77 Å². The zero-order chi connectivity index (χ0) is 20.9. The molecule has 2 aromatic rings. The first-order valence-corrected chi connectivity index (χ1v) is 10.2. The molecule has 2 aromatic carbocycles. The monoisotopic (exact) mass is 434 g/mol. The number of hydrogen-bond acceptors (Lipinski definition) is 8. The van der Waals surface area contributed by atoms with Gasteiger partial charge in [0.2, 0.25) is 0 Å². The first kappa shape index (κ1) is 21.4. The van der Waals surface area contributed by atoms with Gasteiger partial charge in [-0.15, -0.1) is 7.77 Å². The predicted octanol–water partition coefficient (Wildman–Crippen LogP) is 2.29. The van der Waals surface area contributed by atoms with Crippen LogP contribution < -0.4 is 9.47 Å². The SMILES string of the molecule is O=C(CCC(=O)Oc1ccc(S(=O)(=O)F)cc1)Oc1ccc(S(=O)(=O)F)cc1. The van der Waals surface area contributed by atoms with E-state index in [1.54, 1.807) is 0 Å². The van der Waals surface area contributed by atoms with Gasteiger partial charge in [0.05, 0.1) is 22.6 Å². The third kappa shape index (κ3) is 6.39. The summed E-state index contributed by atoms with van der Waals surface area (Å²) in [6.45, 7) is 0. The summed E-state index contributed by atoms with van der Waals surface area (Å²) in [6.07, 6.45) is -0.752. The Morgan fingerprint density at radius 3 is 1.18 bits per heavy atom. The molecule has 150 valence electrons. The maximum absolute atomic E-state index is 12.7. The highest BCUT2D eigenvalue weighted by Gasteiger charge is 2.15. The molecule has 0 unspecified atom stereocenters. The third-order valence-electron chi connectivity index (χ3n) is 3.21. The zero-order valence-corrected chi connectivity index (χ0v) is 15.5. The summed E-state index contributed by atoms with van der Waals surface area (Å²) in [4.78, 5) is 22.2. The van der Waals surface area contributed by atoms with Crippen LogP contribution in [-0.2, 0) is 30.0 Å². The average Bonchev–Trinajstić information content (AvgIpc) is 2.59. The van der Waals surface area contributed by atoms with E-state index < -0.39 is 42.2 Å². The van der Waals surface area contributed by atoms with Crippen molar-refractivity contribution in [3.8, 4) is 11.5 Å². The highest BCUT2D eigenvalue weighted by Crippen LogP contribution is 2.19. The molecule has 0 amide bonds. The first-order chi connectivity index (χ1) is 12.9. The van der Waals surface area contributed by atoms with Crippen molar-refractivity contribution in [3.05, 3.63) is 48.5 Å². The minimum atomic E-state index is -4.87. The number of carbonyl (C=O) groups is 2. The quantitative estimate of drug-likeness (QED) is 0.370. The Kier molecular flexibility index (Phi) is 6.46. The molecule has 12 heteroatoms. The van der Waals surface area contributed by atoms with Gasteiger partial charge >= 0.3 is 32.4 Å². The Morgan fingerprint density at radius 1 is 0.643 bits per heavy atom. The van der Waals surface area contributed by atoms with E-state index in [9.17, 15) is 34.2 Å². The van der Waals surface area contributed by atoms with Gasteiger partial charge < -0.3 is 9.47 Å². The molecule has 0 heterocycles. The smallest absolute Gasteiger partial charge is 0.332 e. The van der Waals surface area contributed by atoms with Crippen LogP contribution in [0.15, 0.2) is 58.3 Å². The van der Waals surface area contributed by atoms with Gasteiger partial charge in [0.15, 0.2) is 0 Å². The van der Waals surface area contributed by atoms with Crippen molar-refractivity contribution in [1.82, 2.24) is 0 Å². The van der Waals surface area contributed by atoms with Crippen LogP contribution in [0, 0.1) is 0 Å². The second kappa shape index (κ2) is 8.44. The fourth-order valence-electron chi connectivity index (χ4n) is 1.91. The molecule has 0 saturated heterocycles. The van der Waals surface area contributed by atoms with E-state index in [2.05, 4.69) is 0 Å². The number of carbonyl (C=O) groups excluding carboxylic acids is 2. The van der Waals surface area contributed by atoms with Crippen molar-refractivity contribution in [2.24, 2.45) is 0 Å². The van der Waals surface area contributed by atoms with Gasteiger partial charge in [0, 0.05) is 0 Å². The lowest BCUT2D eigenvalue weighted by Crippen LogP contribution is -2.14. The van der Waals surface area contributed by atoms with E-state index in [0.717, 1.165) is 48.5 Å². The van der Waals surface area contributed by atoms with Crippen LogP contribution in [0.25, 0.3) is 0 Å². The van der Waals surface area contributed by atoms with Crippen LogP contribution in [0.5, 0.6) is 11.5 Å². The number of benzene rings is 2. The molecule has 0 spiro atoms. The Bertz CT molecular complexity index is 987. The highest BCUT2D eigenvalue weighted by molar-refractivity contribution is 7.86. The lowest BCUT2D eigenvalue weighted by Gasteiger charge is -2.06. The molecule has 0 aliphatic rings. The Morgan fingerprint density at radius 2 is 0.929 bits per heavy atom. The van der Waals surface area contributed by atoms with Crippen LogP contribution in [0.1, 0.15) is 12.8 Å². The molecule has 0 bridgehead atoms. The number of rotatable bonds is 7. The Hall–Kier alpha value is -2.86. The first-order valence-electron chi connectivity index (χ1n) is 7.46. The normalized spacial score (nSPS) is 11.6. The third-order valence-corrected chi connectivity index (χ3v) is 4.88. The van der Waals surface area contributed by atoms with Crippen molar-refractivity contribution >= 4 is 32.4 Å². The molecular formula is C16H12F2O8S2. The minimum Gasteiger partial charge on any atom is -0.427 e. The fraction of sp³-hybridized carbons (Fsp3) is 0.125. The van der Waals surface area contributed by atoms with Crippen molar-refractivity contribution in [3.63, 3.8) is 0 Å². The zero-order valence-electron chi connectivity index (χ0n) is 13.9. The van der Waals surface area contributed by atoms with Crippen molar-refractivity contribution in [2.75, 3.05) is 0 Å². The molecule has 0 aliphatic carbocycles. The topological polar surface area (TPSA) is 121 Å². The number of ether oxygens (including phenoxy) is 2. The predicted molar refractivity (Wildman–Crippen MR) is 90.0 cm³/mol. The number of esters is 2. The summed E-state index contributed by atoms with van der Waals surface area (Å²) >= 11 is 0. The summed E-state index contributed by atoms with van der Waals surface area (Å²) in [6, 6.07) is 7.93. The van der Waals surface area contributed by atoms with Gasteiger partial charge in [0.1, 0.15) is 11.5 Å². The molecule has 28 heavy (non-hydrogen) atoms. The van der Waals surface area contributed by atoms with Crippen LogP contribution in [0.3, 0.4) is 0 Å². The molecule has 2 rings (SSSR count). The van der Waals surface area contributed by atoms with Crippen LogP contribution >= 0.6 is 0 Å². The minimum absolute atomic E-state index is 0.0474. The largest absolute Gasteiger partial charge is 0.427 e. The molecule has 8 nitrogen and oxygen atoms in total. The summed E-state index contributed by atoms with van der Waals surface area (Å²) in [7, 11) is -9.73. The standard InChI is InChI=1S/C16H12F2O8S2/c17-27(21,22)13-5-1-11(2-6-13)25-15(19)9-10-16(20)26-12-3-7-14(8-4-12)28(18,23)24/h1-8H,9-10H2. The van der Waals surface area contributed by atoms with Crippen molar-refractivity contribution in [1.29, 1.82) is 0 Å². The van der Waals surface area contributed by atoms with Crippen LogP contribution in [0.2, 0.25) is 0 Å². The average molecular weight is 434 g/mol. The fourth-order valence-corrected chi connectivity index (χ4v) is 2.83. The molecular weight excluding hydrogens is 422 g/mol. The van der Waals surface area contributed by atoms with Gasteiger partial charge in [-0.3, -0.25) is 9.59 Å². The highest BCUT2D eigenvalue weighted by atomic mass is 32.3. The van der Waals surface area contributed by atoms with E-state index in [1.807, 2.05) is 0 Å². The molecule has 0 aromatic heterocycles. The Balaban J connectivity index is 1.84. The second-order valence-electron chi connectivity index (χ2n) is 5.27. The van der Waals surface area contributed by atoms with Gasteiger partial charge in [-0.05, 0) is 48.5 Å². The summed E-state index contributed by atoms with van der Waals surface area (Å²) < 4.78 is 78.0. The van der Waals surface area contributed by atoms with E-state index in [0.29, 0.717) is 0 Å². The molecule has 0 N–H and O–H groups in total. The lowest BCUT2D eigenvalue weighted by atomic mass is 10.3. The molecule has 0 aliphatic heterocycles. The van der Waals surface area contributed by atoms with Crippen molar-refractivity contribution in [2.45, 2.75) is 22.6 Å². The summed E-state index contributed by atoms with van der Waals surface area (Å²) in [5, 5.41) is 0. The van der Waals surface area contributed by atoms with Gasteiger partial charge in [0.25, 0.3) is 0 Å². The van der Waals surface area contributed by atoms with Gasteiger partial charge in [-0.25, -0.2) is 0 Å². The molecule has 0 atom stereocenters. The summed E-state index contributed by atoms with van der Waals surface area (Å²) in [5.74, 6) is -1.75. The van der Waals surface area contributed by atoms with Crippen LogP contribution in [-0.4, -0.2) is 28.8 Å². The molecule has 0 fully saturated rings. The van der Waals surface area contributed by atoms with Crippen molar-refractivity contribution < 1.29 is 43.7 Å². The van der Waals surface area contributed by atoms with Gasteiger partial charge in [-0.1, -0.05) is 0 Å². The van der Waals surface area contributed by atoms with E-state index in [4.69, 9.17) is 9.47 Å². The molecule has 0 saturated carbocycles. The van der Waals surface area contributed by atoms with E-state index in [-0.39, 0.29) is 24.3 Å². The second-order valence-corrected chi connectivity index (χ2v) is 7.96. The maximum atomic E-state index is 12.7. The molecule has 0 radical (unpaired) electrons. The van der Waals surface area contributed by atoms with E-state index in [1.165, 1.54) is 0 Å². The Labute approximate surface area is 159 Å². The lowest BCUT2D eigenvalue weighted by molar-refractivity contribution is -0.140. The number of hydrogen-bond donors (Lipinski definition) is 0. The summed E-state index contributed by atoms with van der Waals surface area (Å²) in [5.41, 5.74) is 0. The maximum Gasteiger partial charge on any atom is 0.332 e. The number of halogens is 2.